The van der Waals surface area contributed by atoms with Gasteiger partial charge in [-0.15, -0.1) is 0 Å². The molecule has 1 N–H and O–H groups in total. The second-order valence-corrected chi connectivity index (χ2v) is 10.1. The number of para-hydroxylation sites is 1. The normalized spacial score (nSPS) is 28.0. The number of benzene rings is 2. The van der Waals surface area contributed by atoms with Crippen LogP contribution >= 0.6 is 0 Å². The zero-order chi connectivity index (χ0) is 23.2. The maximum atomic E-state index is 13.6. The van der Waals surface area contributed by atoms with Crippen LogP contribution in [0.5, 0.6) is 0 Å². The van der Waals surface area contributed by atoms with Gasteiger partial charge in [-0.2, -0.15) is 0 Å². The lowest BCUT2D eigenvalue weighted by atomic mass is 9.75. The van der Waals surface area contributed by atoms with E-state index in [0.717, 1.165) is 44.5 Å². The number of rotatable bonds is 5. The molecular formula is C28H34N2O3. The number of anilines is 1. The maximum absolute atomic E-state index is 13.6. The molecule has 3 aliphatic rings. The molecule has 0 bridgehead atoms. The number of likely N-dealkylation sites (tertiary alicyclic amines) is 1. The predicted octanol–water partition coefficient (Wildman–Crippen LogP) is 4.31. The molecule has 0 radical (unpaired) electrons. The smallest absolute Gasteiger partial charge is 0.264 e. The van der Waals surface area contributed by atoms with Crippen LogP contribution in [0.3, 0.4) is 0 Å². The minimum Gasteiger partial charge on any atom is -0.375 e. The van der Waals surface area contributed by atoms with Crippen LogP contribution in [-0.4, -0.2) is 40.8 Å². The molecule has 174 valence electrons. The molecule has 1 amide bonds. The van der Waals surface area contributed by atoms with Crippen molar-refractivity contribution in [1.29, 1.82) is 0 Å². The fourth-order valence-electron chi connectivity index (χ4n) is 6.37. The first-order valence-corrected chi connectivity index (χ1v) is 12.4. The van der Waals surface area contributed by atoms with Gasteiger partial charge in [0.05, 0.1) is 5.69 Å². The van der Waals surface area contributed by atoms with E-state index in [1.165, 1.54) is 17.5 Å². The van der Waals surface area contributed by atoms with Crippen LogP contribution in [0.1, 0.15) is 69.1 Å². The highest BCUT2D eigenvalue weighted by atomic mass is 16.3. The van der Waals surface area contributed by atoms with Crippen LogP contribution in [0.4, 0.5) is 5.69 Å². The van der Waals surface area contributed by atoms with E-state index >= 15 is 0 Å². The summed E-state index contributed by atoms with van der Waals surface area (Å²) in [5.74, 6) is -0.431. The molecule has 2 aromatic carbocycles. The molecule has 2 heterocycles. The largest absolute Gasteiger partial charge is 0.375 e. The van der Waals surface area contributed by atoms with Crippen LogP contribution in [0, 0.1) is 0 Å². The fraction of sp³-hybridized carbons (Fsp3) is 0.500. The average Bonchev–Trinajstić information content (AvgIpc) is 3.06. The molecule has 1 fully saturated rings. The quantitative estimate of drug-likeness (QED) is 0.744. The van der Waals surface area contributed by atoms with Gasteiger partial charge in [0.25, 0.3) is 5.91 Å². The van der Waals surface area contributed by atoms with E-state index in [9.17, 15) is 14.7 Å². The van der Waals surface area contributed by atoms with Crippen molar-refractivity contribution >= 4 is 17.4 Å². The Bertz CT molecular complexity index is 1070. The van der Waals surface area contributed by atoms with Gasteiger partial charge in [-0.05, 0) is 56.2 Å². The molecule has 2 aliphatic heterocycles. The monoisotopic (exact) mass is 446 g/mol. The van der Waals surface area contributed by atoms with Crippen LogP contribution in [0.2, 0.25) is 0 Å². The summed E-state index contributed by atoms with van der Waals surface area (Å²) in [4.78, 5) is 30.2. The molecule has 1 saturated heterocycles. The average molecular weight is 447 g/mol. The first kappa shape index (κ1) is 22.3. The number of carbonyl (C=O) groups is 2. The summed E-state index contributed by atoms with van der Waals surface area (Å²) in [6.07, 6.45) is 5.38. The van der Waals surface area contributed by atoms with Crippen molar-refractivity contribution in [3.05, 3.63) is 65.2 Å². The van der Waals surface area contributed by atoms with Crippen LogP contribution < -0.4 is 4.90 Å². The zero-order valence-corrected chi connectivity index (χ0v) is 19.7. The van der Waals surface area contributed by atoms with E-state index in [2.05, 4.69) is 36.1 Å². The molecule has 2 unspecified atom stereocenters. The molecule has 33 heavy (non-hydrogen) atoms. The molecule has 5 heteroatoms. The van der Waals surface area contributed by atoms with Crippen molar-refractivity contribution in [3.8, 4) is 0 Å². The standard InChI is InChI=1S/C28H34N2O3/c1-3-22(31)19-28(33)24-12-6-7-13-25(24)30(26(28)32)21-14-17-29(18-15-21)27(2)16-8-10-20-9-4-5-11-23(20)27/h4-7,9,11-13,21,33H,3,8,10,14-19H2,1-2H3. The van der Waals surface area contributed by atoms with Crippen LogP contribution in [0.25, 0.3) is 0 Å². The van der Waals surface area contributed by atoms with Gasteiger partial charge in [0.1, 0.15) is 5.78 Å². The Hall–Kier alpha value is -2.50. The lowest BCUT2D eigenvalue weighted by Gasteiger charge is -2.49. The second-order valence-electron chi connectivity index (χ2n) is 10.1. The van der Waals surface area contributed by atoms with Crippen molar-refractivity contribution in [3.63, 3.8) is 0 Å². The van der Waals surface area contributed by atoms with Crippen molar-refractivity contribution < 1.29 is 14.7 Å². The van der Waals surface area contributed by atoms with Gasteiger partial charge < -0.3 is 10.0 Å². The summed E-state index contributed by atoms with van der Waals surface area (Å²) in [5.41, 5.74) is 2.54. The maximum Gasteiger partial charge on any atom is 0.264 e. The molecule has 0 aromatic heterocycles. The van der Waals surface area contributed by atoms with Gasteiger partial charge in [-0.25, -0.2) is 0 Å². The molecule has 2 atom stereocenters. The third-order valence-corrected chi connectivity index (χ3v) is 8.26. The summed E-state index contributed by atoms with van der Waals surface area (Å²) in [7, 11) is 0. The van der Waals surface area contributed by atoms with E-state index in [-0.39, 0.29) is 29.7 Å². The van der Waals surface area contributed by atoms with Crippen molar-refractivity contribution in [2.75, 3.05) is 18.0 Å². The van der Waals surface area contributed by atoms with Crippen molar-refractivity contribution in [2.45, 2.75) is 76.0 Å². The summed E-state index contributed by atoms with van der Waals surface area (Å²) in [6, 6.07) is 16.3. The number of piperidine rings is 1. The molecular weight excluding hydrogens is 412 g/mol. The van der Waals surface area contributed by atoms with E-state index < -0.39 is 5.60 Å². The van der Waals surface area contributed by atoms with Crippen LogP contribution in [0.15, 0.2) is 48.5 Å². The second kappa shape index (κ2) is 8.37. The number of hydrogen-bond acceptors (Lipinski definition) is 4. The van der Waals surface area contributed by atoms with E-state index in [1.807, 2.05) is 18.2 Å². The van der Waals surface area contributed by atoms with Gasteiger partial charge >= 0.3 is 0 Å². The van der Waals surface area contributed by atoms with Gasteiger partial charge in [-0.3, -0.25) is 14.5 Å². The number of nitrogens with zero attached hydrogens (tertiary/aromatic N) is 2. The molecule has 0 spiro atoms. The predicted molar refractivity (Wildman–Crippen MR) is 129 cm³/mol. The summed E-state index contributed by atoms with van der Waals surface area (Å²) in [5, 5.41) is 11.4. The number of fused-ring (bicyclic) bond motifs is 2. The minimum atomic E-state index is -1.74. The Morgan fingerprint density at radius 3 is 2.45 bits per heavy atom. The highest BCUT2D eigenvalue weighted by molar-refractivity contribution is 6.09. The summed E-state index contributed by atoms with van der Waals surface area (Å²) >= 11 is 0. The van der Waals surface area contributed by atoms with Gasteiger partial charge in [0, 0.05) is 43.1 Å². The number of amides is 1. The topological polar surface area (TPSA) is 60.9 Å². The Balaban J connectivity index is 1.38. The van der Waals surface area contributed by atoms with Crippen molar-refractivity contribution in [2.24, 2.45) is 0 Å². The lowest BCUT2D eigenvalue weighted by molar-refractivity contribution is -0.142. The number of aryl methyl sites for hydroxylation is 1. The van der Waals surface area contributed by atoms with Crippen LogP contribution in [-0.2, 0) is 27.1 Å². The number of hydrogen-bond donors (Lipinski definition) is 1. The lowest BCUT2D eigenvalue weighted by Crippen LogP contribution is -2.54. The van der Waals surface area contributed by atoms with Crippen molar-refractivity contribution in [1.82, 2.24) is 4.90 Å². The Kier molecular flexibility index (Phi) is 5.66. The van der Waals surface area contributed by atoms with Gasteiger partial charge in [-0.1, -0.05) is 49.4 Å². The third-order valence-electron chi connectivity index (χ3n) is 8.26. The van der Waals surface area contributed by atoms with E-state index in [1.54, 1.807) is 17.9 Å². The van der Waals surface area contributed by atoms with Gasteiger partial charge in [0.15, 0.2) is 5.60 Å². The highest BCUT2D eigenvalue weighted by Crippen LogP contribution is 2.46. The number of Topliss-reactive ketones (excluding diaryl/α,β-unsaturated/α-hetero) is 1. The third kappa shape index (κ3) is 3.53. The fourth-order valence-corrected chi connectivity index (χ4v) is 6.37. The van der Waals surface area contributed by atoms with E-state index in [0.29, 0.717) is 12.0 Å². The SMILES string of the molecule is CCC(=O)CC1(O)C(=O)N(C2CCN(C3(C)CCCc4ccccc43)CC2)c2ccccc21. The highest BCUT2D eigenvalue weighted by Gasteiger charge is 2.53. The number of carbonyl (C=O) groups excluding carboxylic acids is 2. The minimum absolute atomic E-state index is 0.0288. The molecule has 5 nitrogen and oxygen atoms in total. The Morgan fingerprint density at radius 2 is 1.73 bits per heavy atom. The number of aliphatic hydroxyl groups is 1. The van der Waals surface area contributed by atoms with E-state index in [4.69, 9.17) is 0 Å². The molecule has 0 saturated carbocycles. The number of ketones is 1. The first-order chi connectivity index (χ1) is 15.9. The summed E-state index contributed by atoms with van der Waals surface area (Å²) in [6.45, 7) is 5.97. The zero-order valence-electron chi connectivity index (χ0n) is 19.7. The van der Waals surface area contributed by atoms with Gasteiger partial charge in [0.2, 0.25) is 0 Å². The molecule has 2 aromatic rings. The first-order valence-electron chi connectivity index (χ1n) is 12.4. The Morgan fingerprint density at radius 1 is 1.06 bits per heavy atom. The molecule has 5 rings (SSSR count). The Labute approximate surface area is 196 Å². The summed E-state index contributed by atoms with van der Waals surface area (Å²) < 4.78 is 0. The molecule has 1 aliphatic carbocycles.